The summed E-state index contributed by atoms with van der Waals surface area (Å²) in [6, 6.07) is 3.36. The molecule has 1 aliphatic rings. The molecule has 8 heteroatoms. The SMILES string of the molecule is CC(C)NC(=O)Nc1nc2c(s1)CN(C(=O)/C=C/c1ccco1)CC2. The average molecular weight is 360 g/mol. The zero-order chi connectivity index (χ0) is 17.8. The zero-order valence-electron chi connectivity index (χ0n) is 14.1. The molecule has 2 N–H and O–H groups in total. The van der Waals surface area contributed by atoms with E-state index >= 15 is 0 Å². The second-order valence-electron chi connectivity index (χ2n) is 6.00. The molecule has 0 fully saturated rings. The molecule has 25 heavy (non-hydrogen) atoms. The molecular formula is C17H20N4O3S. The number of carbonyl (C=O) groups is 2. The van der Waals surface area contributed by atoms with E-state index in [-0.39, 0.29) is 18.0 Å². The van der Waals surface area contributed by atoms with Gasteiger partial charge in [0, 0.05) is 30.0 Å². The number of urea groups is 1. The maximum absolute atomic E-state index is 12.3. The minimum Gasteiger partial charge on any atom is -0.465 e. The van der Waals surface area contributed by atoms with E-state index in [0.29, 0.717) is 30.4 Å². The molecule has 2 aromatic rings. The first-order valence-electron chi connectivity index (χ1n) is 8.08. The molecule has 0 atom stereocenters. The molecule has 0 unspecified atom stereocenters. The van der Waals surface area contributed by atoms with Crippen molar-refractivity contribution in [2.75, 3.05) is 11.9 Å². The second-order valence-corrected chi connectivity index (χ2v) is 7.08. The van der Waals surface area contributed by atoms with Crippen molar-refractivity contribution in [3.8, 4) is 0 Å². The zero-order valence-corrected chi connectivity index (χ0v) is 14.9. The Morgan fingerprint density at radius 3 is 3.00 bits per heavy atom. The third-order valence-corrected chi connectivity index (χ3v) is 4.61. The first-order chi connectivity index (χ1) is 12.0. The van der Waals surface area contributed by atoms with E-state index in [1.807, 2.05) is 13.8 Å². The minimum absolute atomic E-state index is 0.0589. The first-order valence-corrected chi connectivity index (χ1v) is 8.89. The van der Waals surface area contributed by atoms with E-state index in [9.17, 15) is 9.59 Å². The predicted octanol–water partition coefficient (Wildman–Crippen LogP) is 2.86. The number of rotatable bonds is 4. The Balaban J connectivity index is 1.61. The van der Waals surface area contributed by atoms with Crippen molar-refractivity contribution in [2.45, 2.75) is 32.9 Å². The number of nitrogens with one attached hydrogen (secondary N) is 2. The minimum atomic E-state index is -0.268. The largest absolute Gasteiger partial charge is 0.465 e. The fourth-order valence-corrected chi connectivity index (χ4v) is 3.50. The molecule has 3 amide bonds. The normalized spacial score (nSPS) is 14.0. The molecule has 0 saturated carbocycles. The lowest BCUT2D eigenvalue weighted by atomic mass is 10.2. The molecule has 0 radical (unpaired) electrons. The van der Waals surface area contributed by atoms with Crippen LogP contribution in [0.4, 0.5) is 9.93 Å². The van der Waals surface area contributed by atoms with Gasteiger partial charge < -0.3 is 14.6 Å². The van der Waals surface area contributed by atoms with E-state index in [4.69, 9.17) is 4.42 Å². The summed E-state index contributed by atoms with van der Waals surface area (Å²) in [6.45, 7) is 4.90. The number of hydrogen-bond donors (Lipinski definition) is 2. The van der Waals surface area contributed by atoms with Crippen molar-refractivity contribution in [3.63, 3.8) is 0 Å². The summed E-state index contributed by atoms with van der Waals surface area (Å²) in [5.41, 5.74) is 0.948. The van der Waals surface area contributed by atoms with Crippen LogP contribution in [0.25, 0.3) is 6.08 Å². The Bertz CT molecular complexity index is 780. The first kappa shape index (κ1) is 17.2. The molecule has 0 saturated heterocycles. The van der Waals surface area contributed by atoms with Gasteiger partial charge in [0.1, 0.15) is 5.76 Å². The predicted molar refractivity (Wildman–Crippen MR) is 96.3 cm³/mol. The van der Waals surface area contributed by atoms with E-state index in [2.05, 4.69) is 15.6 Å². The number of furan rings is 1. The van der Waals surface area contributed by atoms with Gasteiger partial charge in [-0.05, 0) is 32.1 Å². The summed E-state index contributed by atoms with van der Waals surface area (Å²) in [5, 5.41) is 6.07. The van der Waals surface area contributed by atoms with E-state index in [1.165, 1.54) is 17.4 Å². The highest BCUT2D eigenvalue weighted by molar-refractivity contribution is 7.15. The third kappa shape index (κ3) is 4.48. The number of carbonyl (C=O) groups excluding carboxylic acids is 2. The van der Waals surface area contributed by atoms with Crippen LogP contribution < -0.4 is 10.6 Å². The van der Waals surface area contributed by atoms with Crippen molar-refractivity contribution in [1.29, 1.82) is 0 Å². The molecule has 7 nitrogen and oxygen atoms in total. The topological polar surface area (TPSA) is 87.5 Å². The lowest BCUT2D eigenvalue weighted by molar-refractivity contribution is -0.126. The van der Waals surface area contributed by atoms with Gasteiger partial charge in [0.2, 0.25) is 5.91 Å². The van der Waals surface area contributed by atoms with Crippen LogP contribution in [-0.2, 0) is 17.8 Å². The van der Waals surface area contributed by atoms with Crippen LogP contribution >= 0.6 is 11.3 Å². The summed E-state index contributed by atoms with van der Waals surface area (Å²) in [6.07, 6.45) is 5.42. The monoisotopic (exact) mass is 360 g/mol. The third-order valence-electron chi connectivity index (χ3n) is 3.62. The molecule has 2 aromatic heterocycles. The standard InChI is InChI=1S/C17H20N4O3S/c1-11(2)18-16(23)20-17-19-13-7-8-21(10-14(13)25-17)15(22)6-5-12-4-3-9-24-12/h3-6,9,11H,7-8,10H2,1-2H3,(H2,18,19,20,23)/b6-5+. The van der Waals surface area contributed by atoms with Gasteiger partial charge in [-0.2, -0.15) is 0 Å². The molecule has 3 rings (SSSR count). The van der Waals surface area contributed by atoms with E-state index < -0.39 is 0 Å². The maximum atomic E-state index is 12.3. The summed E-state index contributed by atoms with van der Waals surface area (Å²) >= 11 is 1.41. The Kier molecular flexibility index (Phi) is 5.18. The molecule has 3 heterocycles. The summed E-state index contributed by atoms with van der Waals surface area (Å²) in [5.74, 6) is 0.578. The highest BCUT2D eigenvalue weighted by Gasteiger charge is 2.23. The maximum Gasteiger partial charge on any atom is 0.321 e. The van der Waals surface area contributed by atoms with Gasteiger partial charge in [-0.25, -0.2) is 9.78 Å². The van der Waals surface area contributed by atoms with Crippen molar-refractivity contribution >= 4 is 34.5 Å². The second kappa shape index (κ2) is 7.52. The van der Waals surface area contributed by atoms with Crippen molar-refractivity contribution in [2.24, 2.45) is 0 Å². The van der Waals surface area contributed by atoms with Crippen LogP contribution in [0.2, 0.25) is 0 Å². The van der Waals surface area contributed by atoms with Crippen molar-refractivity contribution < 1.29 is 14.0 Å². The molecule has 0 aromatic carbocycles. The lowest BCUT2D eigenvalue weighted by Crippen LogP contribution is -2.34. The van der Waals surface area contributed by atoms with Crippen LogP contribution in [0.3, 0.4) is 0 Å². The van der Waals surface area contributed by atoms with Crippen molar-refractivity contribution in [1.82, 2.24) is 15.2 Å². The molecule has 0 spiro atoms. The summed E-state index contributed by atoms with van der Waals surface area (Å²) in [4.78, 5) is 31.3. The highest BCUT2D eigenvalue weighted by Crippen LogP contribution is 2.28. The van der Waals surface area contributed by atoms with Gasteiger partial charge in [-0.3, -0.25) is 10.1 Å². The van der Waals surface area contributed by atoms with Gasteiger partial charge in [-0.15, -0.1) is 0 Å². The van der Waals surface area contributed by atoms with Gasteiger partial charge in [-0.1, -0.05) is 11.3 Å². The Morgan fingerprint density at radius 2 is 2.28 bits per heavy atom. The van der Waals surface area contributed by atoms with Gasteiger partial charge in [0.15, 0.2) is 5.13 Å². The van der Waals surface area contributed by atoms with Crippen LogP contribution in [-0.4, -0.2) is 34.4 Å². The van der Waals surface area contributed by atoms with Crippen molar-refractivity contribution in [3.05, 3.63) is 40.8 Å². The molecular weight excluding hydrogens is 340 g/mol. The van der Waals surface area contributed by atoms with Crippen LogP contribution in [0, 0.1) is 0 Å². The number of nitrogens with zero attached hydrogens (tertiary/aromatic N) is 2. The lowest BCUT2D eigenvalue weighted by Gasteiger charge is -2.24. The smallest absolute Gasteiger partial charge is 0.321 e. The number of hydrogen-bond acceptors (Lipinski definition) is 5. The van der Waals surface area contributed by atoms with Gasteiger partial charge in [0.05, 0.1) is 18.5 Å². The van der Waals surface area contributed by atoms with Crippen LogP contribution in [0.15, 0.2) is 28.9 Å². The van der Waals surface area contributed by atoms with Crippen LogP contribution in [0.5, 0.6) is 0 Å². The fraction of sp³-hybridized carbons (Fsp3) is 0.353. The summed E-state index contributed by atoms with van der Waals surface area (Å²) in [7, 11) is 0. The number of thiazole rings is 1. The quantitative estimate of drug-likeness (QED) is 0.821. The van der Waals surface area contributed by atoms with E-state index in [0.717, 1.165) is 10.6 Å². The molecule has 132 valence electrons. The Hall–Kier alpha value is -2.61. The van der Waals surface area contributed by atoms with E-state index in [1.54, 1.807) is 29.4 Å². The average Bonchev–Trinajstić information content (AvgIpc) is 3.19. The highest BCUT2D eigenvalue weighted by atomic mass is 32.1. The Labute approximate surface area is 149 Å². The molecule has 0 bridgehead atoms. The number of fused-ring (bicyclic) bond motifs is 1. The number of aromatic nitrogens is 1. The number of amides is 3. The van der Waals surface area contributed by atoms with Gasteiger partial charge >= 0.3 is 6.03 Å². The van der Waals surface area contributed by atoms with Crippen LogP contribution in [0.1, 0.15) is 30.2 Å². The summed E-state index contributed by atoms with van der Waals surface area (Å²) < 4.78 is 5.18. The number of anilines is 1. The van der Waals surface area contributed by atoms with Gasteiger partial charge in [0.25, 0.3) is 0 Å². The molecule has 0 aliphatic carbocycles. The fourth-order valence-electron chi connectivity index (χ4n) is 2.48. The Morgan fingerprint density at radius 1 is 1.44 bits per heavy atom. The molecule has 1 aliphatic heterocycles.